The number of halogens is 5. The third-order valence-corrected chi connectivity index (χ3v) is 7.02. The molecule has 0 fully saturated rings. The lowest BCUT2D eigenvalue weighted by atomic mass is 10.0. The molecule has 248 valence electrons. The largest absolute Gasteiger partial charge is 0.494 e. The number of imidazole rings is 1. The molecule has 2 aromatic carbocycles. The molecular formula is C32H32F5N6O4+. The third kappa shape index (κ3) is 7.73. The Kier molecular flexibility index (Phi) is 9.56. The highest BCUT2D eigenvalue weighted by molar-refractivity contribution is 5.78. The van der Waals surface area contributed by atoms with Crippen LogP contribution in [0.25, 0.3) is 34.0 Å². The molecular weight excluding hydrogens is 627 g/mol. The zero-order valence-corrected chi connectivity index (χ0v) is 26.0. The topological polar surface area (TPSA) is 105 Å². The second-order valence-corrected chi connectivity index (χ2v) is 11.8. The molecule has 0 aliphatic carbocycles. The molecule has 10 nitrogen and oxygen atoms in total. The number of aromatic nitrogens is 5. The number of carbonyl (C=O) groups excluding carboxylic acids is 1. The highest BCUT2D eigenvalue weighted by atomic mass is 19.4. The lowest BCUT2D eigenvalue weighted by Crippen LogP contribution is -2.36. The van der Waals surface area contributed by atoms with Crippen LogP contribution in [0.3, 0.4) is 0 Å². The maximum Gasteiger partial charge on any atom is 0.417 e. The Morgan fingerprint density at radius 2 is 1.77 bits per heavy atom. The average molecular weight is 660 g/mol. The van der Waals surface area contributed by atoms with Gasteiger partial charge in [0.15, 0.2) is 23.2 Å². The normalized spacial score (nSPS) is 12.8. The smallest absolute Gasteiger partial charge is 0.417 e. The summed E-state index contributed by atoms with van der Waals surface area (Å²) in [6.45, 7) is 2.82. The summed E-state index contributed by atoms with van der Waals surface area (Å²) in [4.78, 5) is 22.0. The molecule has 0 saturated heterocycles. The number of rotatable bonds is 12. The van der Waals surface area contributed by atoms with E-state index < -0.39 is 35.4 Å². The zero-order valence-electron chi connectivity index (χ0n) is 26.0. The first-order valence-electron chi connectivity index (χ1n) is 14.7. The molecule has 15 heteroatoms. The van der Waals surface area contributed by atoms with Gasteiger partial charge in [-0.2, -0.15) is 18.3 Å². The van der Waals surface area contributed by atoms with Gasteiger partial charge in [0.2, 0.25) is 6.04 Å². The number of alkyl halides is 3. The summed E-state index contributed by atoms with van der Waals surface area (Å²) < 4.78 is 88.8. The number of hydrogen-bond donors (Lipinski definition) is 0. The average Bonchev–Trinajstić information content (AvgIpc) is 3.66. The summed E-state index contributed by atoms with van der Waals surface area (Å²) in [6.07, 6.45) is -1.03. The Hall–Kier alpha value is -4.92. The van der Waals surface area contributed by atoms with Crippen LogP contribution in [0.5, 0.6) is 5.75 Å². The minimum absolute atomic E-state index is 0.0448. The molecule has 1 atom stereocenters. The van der Waals surface area contributed by atoms with Gasteiger partial charge in [0.25, 0.3) is 0 Å². The van der Waals surface area contributed by atoms with E-state index in [1.165, 1.54) is 42.7 Å². The molecule has 5 rings (SSSR count). The van der Waals surface area contributed by atoms with E-state index >= 15 is 0 Å². The van der Waals surface area contributed by atoms with Crippen LogP contribution in [0.1, 0.15) is 37.1 Å². The van der Waals surface area contributed by atoms with Crippen LogP contribution in [0.4, 0.5) is 22.0 Å². The van der Waals surface area contributed by atoms with Crippen molar-refractivity contribution in [3.05, 3.63) is 77.8 Å². The fourth-order valence-corrected chi connectivity index (χ4v) is 4.76. The Morgan fingerprint density at radius 1 is 1.00 bits per heavy atom. The van der Waals surface area contributed by atoms with E-state index in [1.54, 1.807) is 0 Å². The molecule has 0 saturated carbocycles. The van der Waals surface area contributed by atoms with Gasteiger partial charge in [0.1, 0.15) is 22.8 Å². The lowest BCUT2D eigenvalue weighted by molar-refractivity contribution is -0.870. The maximum atomic E-state index is 14.5. The van der Waals surface area contributed by atoms with Crippen LogP contribution >= 0.6 is 0 Å². The van der Waals surface area contributed by atoms with Crippen molar-refractivity contribution in [2.75, 3.05) is 40.9 Å². The van der Waals surface area contributed by atoms with Gasteiger partial charge in [-0.25, -0.2) is 28.2 Å². The van der Waals surface area contributed by atoms with Crippen molar-refractivity contribution in [1.82, 2.24) is 24.9 Å². The van der Waals surface area contributed by atoms with Crippen molar-refractivity contribution in [3.63, 3.8) is 0 Å². The van der Waals surface area contributed by atoms with Crippen LogP contribution in [0.2, 0.25) is 0 Å². The first-order valence-corrected chi connectivity index (χ1v) is 14.7. The summed E-state index contributed by atoms with van der Waals surface area (Å²) in [5.74, 6) is -3.25. The number of nitrogens with zero attached hydrogens (tertiary/aromatic N) is 6. The Morgan fingerprint density at radius 3 is 2.49 bits per heavy atom. The highest BCUT2D eigenvalue weighted by Gasteiger charge is 2.36. The quantitative estimate of drug-likeness (QED) is 0.0655. The summed E-state index contributed by atoms with van der Waals surface area (Å²) in [5.41, 5.74) is -1.26. The molecule has 3 heterocycles. The Balaban J connectivity index is 1.53. The Labute approximate surface area is 266 Å². The molecule has 0 spiro atoms. The van der Waals surface area contributed by atoms with Gasteiger partial charge in [-0.15, -0.1) is 0 Å². The van der Waals surface area contributed by atoms with E-state index in [2.05, 4.69) is 20.2 Å². The maximum absolute atomic E-state index is 14.5. The summed E-state index contributed by atoms with van der Waals surface area (Å²) in [6, 6.07) is 6.87. The number of fused-ring (bicyclic) bond motifs is 1. The predicted molar refractivity (Wildman–Crippen MR) is 159 cm³/mol. The second kappa shape index (κ2) is 13.4. The second-order valence-electron chi connectivity index (χ2n) is 11.8. The van der Waals surface area contributed by atoms with Crippen LogP contribution in [0.15, 0.2) is 59.4 Å². The molecule has 0 bridgehead atoms. The van der Waals surface area contributed by atoms with Crippen LogP contribution in [-0.2, 0) is 15.7 Å². The minimum Gasteiger partial charge on any atom is -0.494 e. The molecule has 1 unspecified atom stereocenters. The molecule has 1 aromatic heterocycles. The van der Waals surface area contributed by atoms with Gasteiger partial charge in [-0.1, -0.05) is 18.1 Å². The number of carbonyl (C=O) groups is 1. The van der Waals surface area contributed by atoms with Gasteiger partial charge in [-0.05, 0) is 36.8 Å². The monoisotopic (exact) mass is 659 g/mol. The van der Waals surface area contributed by atoms with Crippen LogP contribution in [-0.4, -0.2) is 76.3 Å². The fourth-order valence-electron chi connectivity index (χ4n) is 4.76. The lowest BCUT2D eigenvalue weighted by Gasteiger charge is -2.23. The van der Waals surface area contributed by atoms with Gasteiger partial charge in [-0.3, -0.25) is 0 Å². The minimum atomic E-state index is -4.75. The number of quaternary nitrogens is 1. The van der Waals surface area contributed by atoms with Gasteiger partial charge >= 0.3 is 12.1 Å². The van der Waals surface area contributed by atoms with Crippen molar-refractivity contribution in [2.45, 2.75) is 32.0 Å². The van der Waals surface area contributed by atoms with E-state index in [0.717, 1.165) is 16.8 Å². The van der Waals surface area contributed by atoms with E-state index in [-0.39, 0.29) is 58.8 Å². The van der Waals surface area contributed by atoms with E-state index in [4.69, 9.17) is 14.0 Å². The molecule has 2 aliphatic rings. The third-order valence-electron chi connectivity index (χ3n) is 7.02. The number of esters is 1. The molecule has 0 amide bonds. The SMILES string of the molecule is CCCOc1ccc(-c2cc(C(C(=O)OCCC[N+](C)(C)C)n3cc4nc(-c5cccc(F)c5F)nc-4cn3)on2)c(C(F)(F)F)c1. The first kappa shape index (κ1) is 33.4. The highest BCUT2D eigenvalue weighted by Crippen LogP contribution is 2.40. The molecule has 3 aromatic rings. The van der Waals surface area contributed by atoms with Crippen LogP contribution in [0, 0.1) is 11.6 Å². The van der Waals surface area contributed by atoms with E-state index in [0.29, 0.717) is 23.9 Å². The van der Waals surface area contributed by atoms with Crippen molar-refractivity contribution >= 4 is 5.97 Å². The van der Waals surface area contributed by atoms with Gasteiger partial charge < -0.3 is 18.5 Å². The zero-order chi connectivity index (χ0) is 33.9. The van der Waals surface area contributed by atoms with Crippen LogP contribution < -0.4 is 4.74 Å². The number of ether oxygens (including phenoxy) is 2. The first-order chi connectivity index (χ1) is 22.2. The fraction of sp³-hybridized carbons (Fsp3) is 0.344. The van der Waals surface area contributed by atoms with Crippen molar-refractivity contribution in [1.29, 1.82) is 0 Å². The molecule has 0 N–H and O–H groups in total. The predicted octanol–water partition coefficient (Wildman–Crippen LogP) is 6.41. The molecule has 47 heavy (non-hydrogen) atoms. The van der Waals surface area contributed by atoms with Gasteiger partial charge in [0.05, 0.1) is 64.4 Å². The Bertz CT molecular complexity index is 1830. The van der Waals surface area contributed by atoms with Crippen molar-refractivity contribution < 1.29 is 45.2 Å². The van der Waals surface area contributed by atoms with E-state index in [1.807, 2.05) is 28.1 Å². The van der Waals surface area contributed by atoms with Gasteiger partial charge in [0, 0.05) is 18.1 Å². The standard InChI is InChI=1S/C32H32F5N6O4/c1-5-13-45-19-10-11-20(22(15-19)32(35,36)37)24-16-27(47-41-24)29(31(44)46-14-7-12-43(2,3)4)42-18-26-25(17-38-42)39-30(40-26)21-8-6-9-23(33)28(21)34/h6,8-11,15-18,29H,5,7,12-14H2,1-4H3/q+1. The van der Waals surface area contributed by atoms with Crippen molar-refractivity contribution in [3.8, 4) is 39.8 Å². The van der Waals surface area contributed by atoms with E-state index in [9.17, 15) is 26.7 Å². The summed E-state index contributed by atoms with van der Waals surface area (Å²) in [5, 5.41) is 8.12. The molecule has 0 radical (unpaired) electrons. The molecule has 2 aliphatic heterocycles. The number of hydrogen-bond acceptors (Lipinski definition) is 8. The van der Waals surface area contributed by atoms with Crippen molar-refractivity contribution in [2.24, 2.45) is 0 Å². The summed E-state index contributed by atoms with van der Waals surface area (Å²) >= 11 is 0. The summed E-state index contributed by atoms with van der Waals surface area (Å²) in [7, 11) is 5.95. The number of benzene rings is 2.